The van der Waals surface area contributed by atoms with Crippen molar-refractivity contribution in [1.29, 1.82) is 0 Å². The fourth-order valence-corrected chi connectivity index (χ4v) is 1.30. The number of halogens is 1. The largest absolute Gasteiger partial charge is 0.444 e. The lowest BCUT2D eigenvalue weighted by molar-refractivity contribution is 0.0527. The molecule has 20 heavy (non-hydrogen) atoms. The van der Waals surface area contributed by atoms with Crippen LogP contribution in [0.1, 0.15) is 34.1 Å². The number of carbonyl (C=O) groups is 1. The monoisotopic (exact) mass is 345 g/mol. The number of hydrogen-bond donors (Lipinski definition) is 2. The molecule has 2 N–H and O–H groups in total. The number of allylic oxidation sites excluding steroid dienone is 3. The Morgan fingerprint density at radius 1 is 1.30 bits per heavy atom. The van der Waals surface area contributed by atoms with E-state index in [9.17, 15) is 4.79 Å². The summed E-state index contributed by atoms with van der Waals surface area (Å²) < 4.78 is 6.13. The van der Waals surface area contributed by atoms with Gasteiger partial charge < -0.3 is 15.4 Å². The highest BCUT2D eigenvalue weighted by Gasteiger charge is 2.15. The van der Waals surface area contributed by atoms with Gasteiger partial charge in [-0.1, -0.05) is 15.9 Å². The Hall–Kier alpha value is -1.30. The molecule has 0 aliphatic rings. The lowest BCUT2D eigenvalue weighted by Crippen LogP contribution is -2.33. The van der Waals surface area contributed by atoms with Crippen LogP contribution in [0.15, 0.2) is 27.4 Å². The lowest BCUT2D eigenvalue weighted by atomic mass is 10.2. The Morgan fingerprint density at radius 3 is 2.40 bits per heavy atom. The highest BCUT2D eigenvalue weighted by molar-refractivity contribution is 9.11. The van der Waals surface area contributed by atoms with Gasteiger partial charge in [-0.3, -0.25) is 0 Å². The van der Waals surface area contributed by atoms with Gasteiger partial charge in [-0.05, 0) is 57.5 Å². The number of carbonyl (C=O) groups excluding carboxylic acids is 1. The van der Waals surface area contributed by atoms with Gasteiger partial charge in [-0.25, -0.2) is 9.79 Å². The summed E-state index contributed by atoms with van der Waals surface area (Å²) >= 11 is 3.33. The molecule has 0 saturated carbocycles. The minimum atomic E-state index is -0.467. The Bertz CT molecular complexity index is 380. The standard InChI is InChI=1S/C14H24BrN3O2/c1-11(15)7-8-12(16-5)17-9-6-10-18-13(19)20-14(2,3)4/h7-8,17H,5-6,9-10H2,1-4H3,(H,18,19)/b11-7+,12-8+. The van der Waals surface area contributed by atoms with Crippen molar-refractivity contribution in [2.45, 2.75) is 39.7 Å². The van der Waals surface area contributed by atoms with E-state index in [1.807, 2.05) is 39.8 Å². The normalized spacial score (nSPS) is 12.8. The SMILES string of the molecule is C=N/C(=C\C=C(/C)Br)NCCCNC(=O)OC(C)(C)C. The fourth-order valence-electron chi connectivity index (χ4n) is 1.17. The molecule has 0 radical (unpaired) electrons. The third-order valence-corrected chi connectivity index (χ3v) is 2.23. The predicted octanol–water partition coefficient (Wildman–Crippen LogP) is 3.33. The molecule has 0 rings (SSSR count). The molecule has 0 aliphatic heterocycles. The summed E-state index contributed by atoms with van der Waals surface area (Å²) in [5.74, 6) is 0.695. The quantitative estimate of drug-likeness (QED) is 0.422. The minimum Gasteiger partial charge on any atom is -0.444 e. The second-order valence-electron chi connectivity index (χ2n) is 5.17. The summed E-state index contributed by atoms with van der Waals surface area (Å²) in [7, 11) is 0. The molecule has 0 spiro atoms. The van der Waals surface area contributed by atoms with Crippen LogP contribution in [0.4, 0.5) is 4.79 Å². The van der Waals surface area contributed by atoms with Crippen molar-refractivity contribution in [3.05, 3.63) is 22.5 Å². The van der Waals surface area contributed by atoms with Crippen LogP contribution in [0.2, 0.25) is 0 Å². The molecule has 0 aromatic carbocycles. The first-order chi connectivity index (χ1) is 9.24. The first kappa shape index (κ1) is 18.7. The number of alkyl carbamates (subject to hydrolysis) is 1. The van der Waals surface area contributed by atoms with Crippen molar-refractivity contribution in [2.75, 3.05) is 13.1 Å². The van der Waals surface area contributed by atoms with Crippen molar-refractivity contribution < 1.29 is 9.53 Å². The zero-order chi connectivity index (χ0) is 15.6. The van der Waals surface area contributed by atoms with Crippen LogP contribution in [-0.2, 0) is 4.74 Å². The maximum Gasteiger partial charge on any atom is 0.407 e. The first-order valence-corrected chi connectivity index (χ1v) is 7.25. The van der Waals surface area contributed by atoms with Crippen LogP contribution >= 0.6 is 15.9 Å². The summed E-state index contributed by atoms with van der Waals surface area (Å²) in [6.45, 7) is 12.2. The van der Waals surface area contributed by atoms with E-state index < -0.39 is 11.7 Å². The van der Waals surface area contributed by atoms with E-state index in [1.165, 1.54) is 0 Å². The molecule has 6 heteroatoms. The molecule has 0 aromatic heterocycles. The van der Waals surface area contributed by atoms with E-state index in [0.29, 0.717) is 18.9 Å². The van der Waals surface area contributed by atoms with Gasteiger partial charge in [0.15, 0.2) is 0 Å². The Labute approximate surface area is 129 Å². The minimum absolute atomic E-state index is 0.395. The number of aliphatic imine (C=N–C) groups is 1. The van der Waals surface area contributed by atoms with Crippen molar-refractivity contribution in [2.24, 2.45) is 4.99 Å². The summed E-state index contributed by atoms with van der Waals surface area (Å²) in [4.78, 5) is 15.2. The maximum atomic E-state index is 11.4. The van der Waals surface area contributed by atoms with Crippen LogP contribution in [0.5, 0.6) is 0 Å². The van der Waals surface area contributed by atoms with Gasteiger partial charge in [0.25, 0.3) is 0 Å². The van der Waals surface area contributed by atoms with Crippen LogP contribution < -0.4 is 10.6 Å². The van der Waals surface area contributed by atoms with Crippen LogP contribution in [-0.4, -0.2) is 31.5 Å². The van der Waals surface area contributed by atoms with E-state index in [2.05, 4.69) is 38.3 Å². The van der Waals surface area contributed by atoms with E-state index >= 15 is 0 Å². The predicted molar refractivity (Wildman–Crippen MR) is 87.2 cm³/mol. The van der Waals surface area contributed by atoms with Gasteiger partial charge in [-0.2, -0.15) is 0 Å². The van der Waals surface area contributed by atoms with Crippen LogP contribution in [0.25, 0.3) is 0 Å². The highest BCUT2D eigenvalue weighted by Crippen LogP contribution is 2.06. The van der Waals surface area contributed by atoms with Gasteiger partial charge in [0.2, 0.25) is 0 Å². The van der Waals surface area contributed by atoms with Gasteiger partial charge in [0.05, 0.1) is 0 Å². The molecular weight excluding hydrogens is 322 g/mol. The van der Waals surface area contributed by atoms with E-state index in [1.54, 1.807) is 0 Å². The third kappa shape index (κ3) is 11.8. The van der Waals surface area contributed by atoms with Crippen molar-refractivity contribution in [3.63, 3.8) is 0 Å². The second-order valence-corrected chi connectivity index (χ2v) is 6.42. The van der Waals surface area contributed by atoms with Gasteiger partial charge in [-0.15, -0.1) is 0 Å². The highest BCUT2D eigenvalue weighted by atomic mass is 79.9. The topological polar surface area (TPSA) is 62.7 Å². The summed E-state index contributed by atoms with van der Waals surface area (Å²) in [5, 5.41) is 5.82. The molecule has 5 nitrogen and oxygen atoms in total. The number of rotatable bonds is 7. The molecule has 0 heterocycles. The molecule has 0 saturated heterocycles. The average molecular weight is 346 g/mol. The smallest absolute Gasteiger partial charge is 0.407 e. The molecule has 0 unspecified atom stereocenters. The van der Waals surface area contributed by atoms with E-state index in [4.69, 9.17) is 4.74 Å². The Kier molecular flexibility index (Phi) is 8.96. The van der Waals surface area contributed by atoms with Gasteiger partial charge in [0, 0.05) is 13.1 Å². The number of amides is 1. The summed E-state index contributed by atoms with van der Waals surface area (Å²) in [6, 6.07) is 0. The lowest BCUT2D eigenvalue weighted by Gasteiger charge is -2.19. The zero-order valence-electron chi connectivity index (χ0n) is 12.6. The Balaban J connectivity index is 3.86. The zero-order valence-corrected chi connectivity index (χ0v) is 14.2. The van der Waals surface area contributed by atoms with Crippen LogP contribution in [0.3, 0.4) is 0 Å². The summed E-state index contributed by atoms with van der Waals surface area (Å²) in [6.07, 6.45) is 4.09. The molecule has 0 fully saturated rings. The molecule has 1 amide bonds. The molecule has 0 aliphatic carbocycles. The Morgan fingerprint density at radius 2 is 1.90 bits per heavy atom. The van der Waals surface area contributed by atoms with Gasteiger partial charge in [0.1, 0.15) is 11.4 Å². The number of ether oxygens (including phenoxy) is 1. The van der Waals surface area contributed by atoms with Crippen molar-refractivity contribution in [3.8, 4) is 0 Å². The first-order valence-electron chi connectivity index (χ1n) is 6.46. The van der Waals surface area contributed by atoms with Crippen molar-refractivity contribution >= 4 is 28.7 Å². The fraction of sp³-hybridized carbons (Fsp3) is 0.571. The van der Waals surface area contributed by atoms with E-state index in [0.717, 1.165) is 10.9 Å². The third-order valence-electron chi connectivity index (χ3n) is 1.97. The summed E-state index contributed by atoms with van der Waals surface area (Å²) in [5.41, 5.74) is -0.467. The molecule has 0 atom stereocenters. The maximum absolute atomic E-state index is 11.4. The molecule has 0 bridgehead atoms. The number of nitrogens with zero attached hydrogens (tertiary/aromatic N) is 1. The van der Waals surface area contributed by atoms with E-state index in [-0.39, 0.29) is 0 Å². The molecule has 0 aromatic rings. The molecular formula is C14H24BrN3O2. The number of hydrogen-bond acceptors (Lipinski definition) is 4. The second kappa shape index (κ2) is 9.58. The van der Waals surface area contributed by atoms with Gasteiger partial charge >= 0.3 is 6.09 Å². The number of nitrogens with one attached hydrogen (secondary N) is 2. The average Bonchev–Trinajstić information content (AvgIpc) is 2.30. The van der Waals surface area contributed by atoms with Crippen LogP contribution in [0, 0.1) is 0 Å². The van der Waals surface area contributed by atoms with Crippen molar-refractivity contribution in [1.82, 2.24) is 10.6 Å². The molecule has 114 valence electrons.